The summed E-state index contributed by atoms with van der Waals surface area (Å²) in [6, 6.07) is 21.8. The molecule has 0 radical (unpaired) electrons. The van der Waals surface area contributed by atoms with E-state index in [0.717, 1.165) is 22.4 Å². The van der Waals surface area contributed by atoms with E-state index in [9.17, 15) is 0 Å². The SMILES string of the molecule is C/C(=N\OCc1ccc(C)cc1)c1ccc(OCc2nnn(Cc3ccccc3)n2)nc1. The van der Waals surface area contributed by atoms with Gasteiger partial charge in [-0.05, 0) is 36.3 Å². The van der Waals surface area contributed by atoms with Crippen molar-refractivity contribution in [3.8, 4) is 5.88 Å². The number of benzene rings is 2. The molecule has 0 saturated carbocycles. The number of hydrogen-bond acceptors (Lipinski definition) is 7. The first-order chi connectivity index (χ1) is 15.7. The predicted molar refractivity (Wildman–Crippen MR) is 120 cm³/mol. The summed E-state index contributed by atoms with van der Waals surface area (Å²) in [6.45, 7) is 5.10. The molecular formula is C24H24N6O2. The smallest absolute Gasteiger partial charge is 0.213 e. The summed E-state index contributed by atoms with van der Waals surface area (Å²) in [5.41, 5.74) is 4.99. The zero-order valence-electron chi connectivity index (χ0n) is 18.0. The fourth-order valence-electron chi connectivity index (χ4n) is 2.91. The topological polar surface area (TPSA) is 87.3 Å². The third-order valence-corrected chi connectivity index (χ3v) is 4.72. The second-order valence-electron chi connectivity index (χ2n) is 7.33. The van der Waals surface area contributed by atoms with Gasteiger partial charge in [-0.1, -0.05) is 65.3 Å². The van der Waals surface area contributed by atoms with E-state index in [-0.39, 0.29) is 6.61 Å². The minimum absolute atomic E-state index is 0.188. The molecule has 0 amide bonds. The first kappa shape index (κ1) is 21.2. The molecule has 2 heterocycles. The van der Waals surface area contributed by atoms with E-state index in [2.05, 4.69) is 44.6 Å². The van der Waals surface area contributed by atoms with E-state index in [1.54, 1.807) is 17.1 Å². The van der Waals surface area contributed by atoms with Gasteiger partial charge >= 0.3 is 0 Å². The normalized spacial score (nSPS) is 11.4. The summed E-state index contributed by atoms with van der Waals surface area (Å²) in [4.78, 5) is 11.3. The van der Waals surface area contributed by atoms with Crippen LogP contribution in [0.2, 0.25) is 0 Å². The number of ether oxygens (including phenoxy) is 1. The molecule has 0 atom stereocenters. The average molecular weight is 428 g/mol. The number of aryl methyl sites for hydroxylation is 1. The lowest BCUT2D eigenvalue weighted by molar-refractivity contribution is 0.130. The molecule has 32 heavy (non-hydrogen) atoms. The van der Waals surface area contributed by atoms with Crippen molar-refractivity contribution in [1.82, 2.24) is 25.2 Å². The number of nitrogens with zero attached hydrogens (tertiary/aromatic N) is 6. The maximum atomic E-state index is 5.68. The maximum Gasteiger partial charge on any atom is 0.213 e. The Labute approximate surface area is 186 Å². The van der Waals surface area contributed by atoms with Gasteiger partial charge in [0, 0.05) is 17.8 Å². The molecule has 2 aromatic heterocycles. The van der Waals surface area contributed by atoms with Crippen molar-refractivity contribution in [1.29, 1.82) is 0 Å². The molecule has 0 unspecified atom stereocenters. The first-order valence-electron chi connectivity index (χ1n) is 10.3. The Morgan fingerprint density at radius 1 is 0.938 bits per heavy atom. The van der Waals surface area contributed by atoms with Gasteiger partial charge in [0.25, 0.3) is 0 Å². The van der Waals surface area contributed by atoms with Gasteiger partial charge in [0.2, 0.25) is 11.7 Å². The summed E-state index contributed by atoms with van der Waals surface area (Å²) in [6.07, 6.45) is 1.70. The van der Waals surface area contributed by atoms with Crippen molar-refractivity contribution < 1.29 is 9.57 Å². The van der Waals surface area contributed by atoms with Crippen molar-refractivity contribution in [3.63, 3.8) is 0 Å². The molecule has 4 aromatic rings. The Bertz CT molecular complexity index is 1160. The van der Waals surface area contributed by atoms with Crippen LogP contribution in [-0.2, 0) is 24.6 Å². The zero-order chi connectivity index (χ0) is 22.2. The van der Waals surface area contributed by atoms with Gasteiger partial charge in [0.1, 0.15) is 6.61 Å². The number of pyridine rings is 1. The van der Waals surface area contributed by atoms with E-state index in [1.165, 1.54) is 5.56 Å². The van der Waals surface area contributed by atoms with Crippen LogP contribution in [0.15, 0.2) is 78.1 Å². The number of rotatable bonds is 9. The Hall–Kier alpha value is -4.07. The molecule has 8 heteroatoms. The van der Waals surface area contributed by atoms with Gasteiger partial charge in [0.15, 0.2) is 6.61 Å². The Balaban J connectivity index is 1.26. The van der Waals surface area contributed by atoms with Gasteiger partial charge < -0.3 is 9.57 Å². The summed E-state index contributed by atoms with van der Waals surface area (Å²) in [7, 11) is 0. The maximum absolute atomic E-state index is 5.68. The molecule has 0 aliphatic heterocycles. The van der Waals surface area contributed by atoms with Gasteiger partial charge in [0.05, 0.1) is 12.3 Å². The van der Waals surface area contributed by atoms with E-state index in [0.29, 0.717) is 24.9 Å². The first-order valence-corrected chi connectivity index (χ1v) is 10.3. The minimum Gasteiger partial charge on any atom is -0.469 e. The minimum atomic E-state index is 0.188. The van der Waals surface area contributed by atoms with Crippen molar-refractivity contribution in [2.75, 3.05) is 0 Å². The van der Waals surface area contributed by atoms with E-state index in [4.69, 9.17) is 9.57 Å². The standard InChI is InChI=1S/C24H24N6O2/c1-18-8-10-21(11-9-18)16-32-28-19(2)22-12-13-24(25-14-22)31-17-23-26-29-30(27-23)15-20-6-4-3-5-7-20/h3-14H,15-17H2,1-2H3/b28-19+. The quantitative estimate of drug-likeness (QED) is 0.296. The van der Waals surface area contributed by atoms with Crippen LogP contribution in [-0.4, -0.2) is 30.9 Å². The Morgan fingerprint density at radius 3 is 2.50 bits per heavy atom. The molecule has 0 saturated heterocycles. The number of hydrogen-bond donors (Lipinski definition) is 0. The Morgan fingerprint density at radius 2 is 1.75 bits per heavy atom. The van der Waals surface area contributed by atoms with Gasteiger partial charge in [-0.2, -0.15) is 4.80 Å². The largest absolute Gasteiger partial charge is 0.469 e. The molecule has 4 rings (SSSR count). The van der Waals surface area contributed by atoms with Crippen molar-refractivity contribution in [2.45, 2.75) is 33.6 Å². The monoisotopic (exact) mass is 428 g/mol. The van der Waals surface area contributed by atoms with Crippen LogP contribution in [0, 0.1) is 6.92 Å². The van der Waals surface area contributed by atoms with Crippen LogP contribution in [0.3, 0.4) is 0 Å². The van der Waals surface area contributed by atoms with Crippen LogP contribution >= 0.6 is 0 Å². The van der Waals surface area contributed by atoms with Crippen molar-refractivity contribution in [2.24, 2.45) is 5.16 Å². The highest BCUT2D eigenvalue weighted by Gasteiger charge is 2.06. The molecule has 0 aliphatic carbocycles. The lowest BCUT2D eigenvalue weighted by Crippen LogP contribution is -2.05. The number of tetrazole rings is 1. The Kier molecular flexibility index (Phi) is 6.81. The van der Waals surface area contributed by atoms with E-state index < -0.39 is 0 Å². The van der Waals surface area contributed by atoms with Gasteiger partial charge in [-0.25, -0.2) is 4.98 Å². The second kappa shape index (κ2) is 10.3. The lowest BCUT2D eigenvalue weighted by Gasteiger charge is -2.05. The van der Waals surface area contributed by atoms with Gasteiger partial charge in [-0.3, -0.25) is 0 Å². The lowest BCUT2D eigenvalue weighted by atomic mass is 10.2. The van der Waals surface area contributed by atoms with Crippen LogP contribution in [0.25, 0.3) is 0 Å². The highest BCUT2D eigenvalue weighted by atomic mass is 16.6. The summed E-state index contributed by atoms with van der Waals surface area (Å²) >= 11 is 0. The highest BCUT2D eigenvalue weighted by Crippen LogP contribution is 2.11. The molecule has 0 bridgehead atoms. The zero-order valence-corrected chi connectivity index (χ0v) is 18.0. The van der Waals surface area contributed by atoms with Crippen molar-refractivity contribution in [3.05, 3.63) is 101 Å². The molecule has 8 nitrogen and oxygen atoms in total. The average Bonchev–Trinajstić information content (AvgIpc) is 3.27. The van der Waals surface area contributed by atoms with Crippen LogP contribution in [0.5, 0.6) is 5.88 Å². The number of oxime groups is 1. The molecular weight excluding hydrogens is 404 g/mol. The third-order valence-electron chi connectivity index (χ3n) is 4.72. The molecule has 2 aromatic carbocycles. The fraction of sp³-hybridized carbons (Fsp3) is 0.208. The van der Waals surface area contributed by atoms with Gasteiger partial charge in [-0.15, -0.1) is 10.2 Å². The fourth-order valence-corrected chi connectivity index (χ4v) is 2.91. The van der Waals surface area contributed by atoms with Crippen LogP contribution in [0.4, 0.5) is 0 Å². The van der Waals surface area contributed by atoms with Crippen LogP contribution < -0.4 is 4.74 Å². The molecule has 0 fully saturated rings. The van der Waals surface area contributed by atoms with E-state index >= 15 is 0 Å². The third kappa shape index (κ3) is 5.98. The number of aromatic nitrogens is 5. The predicted octanol–water partition coefficient (Wildman–Crippen LogP) is 3.94. The molecule has 0 N–H and O–H groups in total. The molecule has 0 spiro atoms. The molecule has 162 valence electrons. The summed E-state index contributed by atoms with van der Waals surface area (Å²) < 4.78 is 5.68. The van der Waals surface area contributed by atoms with Crippen molar-refractivity contribution >= 4 is 5.71 Å². The van der Waals surface area contributed by atoms with E-state index in [1.807, 2.05) is 55.5 Å². The summed E-state index contributed by atoms with van der Waals surface area (Å²) in [5.74, 6) is 0.968. The second-order valence-corrected chi connectivity index (χ2v) is 7.33. The molecule has 0 aliphatic rings. The highest BCUT2D eigenvalue weighted by molar-refractivity contribution is 5.98. The summed E-state index contributed by atoms with van der Waals surface area (Å²) in [5, 5.41) is 16.6. The van der Waals surface area contributed by atoms with Crippen LogP contribution in [0.1, 0.15) is 35.0 Å².